The molecular formula is C15H24N2O3S. The van der Waals surface area contributed by atoms with Gasteiger partial charge in [0.25, 0.3) is 0 Å². The average Bonchev–Trinajstić information content (AvgIpc) is 2.98. The van der Waals surface area contributed by atoms with Crippen LogP contribution in [0.3, 0.4) is 0 Å². The second-order valence-electron chi connectivity index (χ2n) is 5.54. The molecule has 0 saturated heterocycles. The molecule has 2 rings (SSSR count). The molecule has 1 aliphatic rings. The number of rotatable bonds is 7. The maximum atomic E-state index is 12.5. The highest BCUT2D eigenvalue weighted by atomic mass is 32.2. The van der Waals surface area contributed by atoms with E-state index in [9.17, 15) is 8.42 Å². The van der Waals surface area contributed by atoms with Crippen molar-refractivity contribution in [1.29, 1.82) is 0 Å². The molecule has 0 amide bonds. The number of benzene rings is 1. The molecule has 1 saturated carbocycles. The summed E-state index contributed by atoms with van der Waals surface area (Å²) in [6, 6.07) is 6.52. The zero-order valence-electron chi connectivity index (χ0n) is 12.5. The van der Waals surface area contributed by atoms with Gasteiger partial charge in [-0.1, -0.05) is 12.8 Å². The SMILES string of the molecule is CN(CC1CCCC1)S(=O)(=O)c1ccc(OCCN)cc1. The van der Waals surface area contributed by atoms with Crippen molar-refractivity contribution in [2.24, 2.45) is 11.7 Å². The van der Waals surface area contributed by atoms with E-state index in [-0.39, 0.29) is 0 Å². The minimum absolute atomic E-state index is 0.308. The van der Waals surface area contributed by atoms with Crippen LogP contribution in [0.5, 0.6) is 5.75 Å². The van der Waals surface area contributed by atoms with Crippen LogP contribution in [0.1, 0.15) is 25.7 Å². The fourth-order valence-corrected chi connectivity index (χ4v) is 3.97. The third-order valence-electron chi connectivity index (χ3n) is 3.91. The molecular weight excluding hydrogens is 288 g/mol. The molecule has 118 valence electrons. The van der Waals surface area contributed by atoms with E-state index >= 15 is 0 Å². The van der Waals surface area contributed by atoms with E-state index in [0.29, 0.717) is 36.3 Å². The zero-order valence-corrected chi connectivity index (χ0v) is 13.3. The standard InChI is InChI=1S/C15H24N2O3S/c1-17(12-13-4-2-3-5-13)21(18,19)15-8-6-14(7-9-15)20-11-10-16/h6-9,13H,2-5,10-12,16H2,1H3. The van der Waals surface area contributed by atoms with Gasteiger partial charge in [-0.05, 0) is 43.0 Å². The van der Waals surface area contributed by atoms with Crippen molar-refractivity contribution in [3.63, 3.8) is 0 Å². The van der Waals surface area contributed by atoms with E-state index in [1.807, 2.05) is 0 Å². The van der Waals surface area contributed by atoms with E-state index in [2.05, 4.69) is 0 Å². The molecule has 0 radical (unpaired) electrons. The molecule has 0 aromatic heterocycles. The molecule has 0 atom stereocenters. The Balaban J connectivity index is 2.03. The molecule has 0 unspecified atom stereocenters. The summed E-state index contributed by atoms with van der Waals surface area (Å²) < 4.78 is 31.8. The average molecular weight is 312 g/mol. The molecule has 1 aliphatic carbocycles. The normalized spacial score (nSPS) is 16.5. The van der Waals surface area contributed by atoms with Crippen LogP contribution in [0.15, 0.2) is 29.2 Å². The van der Waals surface area contributed by atoms with Gasteiger partial charge in [0.05, 0.1) is 4.90 Å². The summed E-state index contributed by atoms with van der Waals surface area (Å²) in [6.07, 6.45) is 4.69. The molecule has 2 N–H and O–H groups in total. The van der Waals surface area contributed by atoms with Gasteiger partial charge in [-0.2, -0.15) is 0 Å². The monoisotopic (exact) mass is 312 g/mol. The Hall–Kier alpha value is -1.11. The second kappa shape index (κ2) is 7.24. The van der Waals surface area contributed by atoms with Crippen LogP contribution in [0, 0.1) is 5.92 Å². The lowest BCUT2D eigenvalue weighted by Crippen LogP contribution is -2.31. The van der Waals surface area contributed by atoms with Gasteiger partial charge in [0.1, 0.15) is 12.4 Å². The van der Waals surface area contributed by atoms with Gasteiger partial charge >= 0.3 is 0 Å². The topological polar surface area (TPSA) is 72.6 Å². The summed E-state index contributed by atoms with van der Waals surface area (Å²) in [4.78, 5) is 0.308. The van der Waals surface area contributed by atoms with Crippen molar-refractivity contribution in [3.8, 4) is 5.75 Å². The summed E-state index contributed by atoms with van der Waals surface area (Å²) in [5, 5.41) is 0. The van der Waals surface area contributed by atoms with Crippen molar-refractivity contribution in [2.45, 2.75) is 30.6 Å². The molecule has 0 spiro atoms. The molecule has 0 bridgehead atoms. The molecule has 0 aliphatic heterocycles. The number of hydrogen-bond donors (Lipinski definition) is 1. The van der Waals surface area contributed by atoms with E-state index in [4.69, 9.17) is 10.5 Å². The lowest BCUT2D eigenvalue weighted by molar-refractivity contribution is 0.328. The predicted octanol–water partition coefficient (Wildman–Crippen LogP) is 1.83. The Labute approximate surface area is 127 Å². The van der Waals surface area contributed by atoms with Crippen molar-refractivity contribution < 1.29 is 13.2 Å². The zero-order chi connectivity index (χ0) is 15.3. The fourth-order valence-electron chi connectivity index (χ4n) is 2.72. The van der Waals surface area contributed by atoms with Crippen molar-refractivity contribution >= 4 is 10.0 Å². The molecule has 6 heteroatoms. The quantitative estimate of drug-likeness (QED) is 0.834. The van der Waals surface area contributed by atoms with Crippen LogP contribution < -0.4 is 10.5 Å². The number of sulfonamides is 1. The van der Waals surface area contributed by atoms with Gasteiger partial charge in [-0.3, -0.25) is 0 Å². The van der Waals surface area contributed by atoms with Gasteiger partial charge < -0.3 is 10.5 Å². The van der Waals surface area contributed by atoms with E-state index in [1.165, 1.54) is 17.1 Å². The first-order valence-electron chi connectivity index (χ1n) is 7.43. The summed E-state index contributed by atoms with van der Waals surface area (Å²) in [6.45, 7) is 1.46. The molecule has 1 fully saturated rings. The second-order valence-corrected chi connectivity index (χ2v) is 7.59. The van der Waals surface area contributed by atoms with E-state index in [1.54, 1.807) is 31.3 Å². The number of nitrogens with two attached hydrogens (primary N) is 1. The molecule has 21 heavy (non-hydrogen) atoms. The van der Waals surface area contributed by atoms with Crippen LogP contribution in [-0.2, 0) is 10.0 Å². The first-order chi connectivity index (χ1) is 10.0. The fraction of sp³-hybridized carbons (Fsp3) is 0.600. The van der Waals surface area contributed by atoms with Gasteiger partial charge in [-0.15, -0.1) is 0 Å². The van der Waals surface area contributed by atoms with Gasteiger partial charge in [0.2, 0.25) is 10.0 Å². The van der Waals surface area contributed by atoms with Crippen molar-refractivity contribution in [3.05, 3.63) is 24.3 Å². The summed E-state index contributed by atoms with van der Waals surface area (Å²) >= 11 is 0. The number of nitrogens with zero attached hydrogens (tertiary/aromatic N) is 1. The van der Waals surface area contributed by atoms with Gasteiger partial charge in [-0.25, -0.2) is 12.7 Å². The maximum Gasteiger partial charge on any atom is 0.242 e. The van der Waals surface area contributed by atoms with Gasteiger partial charge in [0.15, 0.2) is 0 Å². The third-order valence-corrected chi connectivity index (χ3v) is 5.75. The first-order valence-corrected chi connectivity index (χ1v) is 8.87. The smallest absolute Gasteiger partial charge is 0.242 e. The maximum absolute atomic E-state index is 12.5. The lowest BCUT2D eigenvalue weighted by atomic mass is 10.1. The Bertz CT molecular complexity index is 537. The third kappa shape index (κ3) is 4.18. The van der Waals surface area contributed by atoms with Crippen LogP contribution in [0.4, 0.5) is 0 Å². The molecule has 1 aromatic rings. The summed E-state index contributed by atoms with van der Waals surface area (Å²) in [7, 11) is -1.75. The van der Waals surface area contributed by atoms with Crippen LogP contribution in [-0.4, -0.2) is 39.5 Å². The van der Waals surface area contributed by atoms with Gasteiger partial charge in [0, 0.05) is 20.1 Å². The predicted molar refractivity (Wildman–Crippen MR) is 82.8 cm³/mol. The molecule has 5 nitrogen and oxygen atoms in total. The largest absolute Gasteiger partial charge is 0.492 e. The lowest BCUT2D eigenvalue weighted by Gasteiger charge is -2.20. The number of hydrogen-bond acceptors (Lipinski definition) is 4. The van der Waals surface area contributed by atoms with Crippen LogP contribution >= 0.6 is 0 Å². The van der Waals surface area contributed by atoms with E-state index < -0.39 is 10.0 Å². The minimum atomic E-state index is -3.41. The Kier molecular flexibility index (Phi) is 5.61. The highest BCUT2D eigenvalue weighted by Crippen LogP contribution is 2.27. The van der Waals surface area contributed by atoms with Crippen LogP contribution in [0.25, 0.3) is 0 Å². The highest BCUT2D eigenvalue weighted by Gasteiger charge is 2.25. The van der Waals surface area contributed by atoms with Crippen molar-refractivity contribution in [1.82, 2.24) is 4.31 Å². The van der Waals surface area contributed by atoms with E-state index in [0.717, 1.165) is 12.8 Å². The molecule has 1 aromatic carbocycles. The summed E-state index contributed by atoms with van der Waals surface area (Å²) in [5.41, 5.74) is 5.37. The summed E-state index contributed by atoms with van der Waals surface area (Å²) in [5.74, 6) is 1.13. The Morgan fingerprint density at radius 1 is 1.24 bits per heavy atom. The molecule has 0 heterocycles. The number of ether oxygens (including phenoxy) is 1. The van der Waals surface area contributed by atoms with Crippen LogP contribution in [0.2, 0.25) is 0 Å². The Morgan fingerprint density at radius 2 is 1.86 bits per heavy atom. The van der Waals surface area contributed by atoms with Crippen molar-refractivity contribution in [2.75, 3.05) is 26.7 Å². The Morgan fingerprint density at radius 3 is 2.43 bits per heavy atom. The first kappa shape index (κ1) is 16.3. The highest BCUT2D eigenvalue weighted by molar-refractivity contribution is 7.89. The minimum Gasteiger partial charge on any atom is -0.492 e.